The minimum atomic E-state index is -0.335. The van der Waals surface area contributed by atoms with Gasteiger partial charge in [0.2, 0.25) is 0 Å². The summed E-state index contributed by atoms with van der Waals surface area (Å²) in [6, 6.07) is 19.2. The number of likely N-dealkylation sites (N-methyl/N-ethyl adjacent to an activating group) is 2. The molecule has 0 aliphatic heterocycles. The Hall–Kier alpha value is -4.94. The SMILES string of the molecule is CN(C)CCNC(=O)Nc1ccc(NC(=O)c2ccc(C(=O)Nc3ccc(NC(=O)NCCN(C)C)cc3)cc2)cc1. The van der Waals surface area contributed by atoms with Crippen LogP contribution in [0.15, 0.2) is 72.8 Å². The Morgan fingerprint density at radius 1 is 0.476 bits per heavy atom. The molecule has 0 saturated carbocycles. The van der Waals surface area contributed by atoms with Gasteiger partial charge in [-0.05, 0) is 101 Å². The lowest BCUT2D eigenvalue weighted by Gasteiger charge is -2.12. The maximum absolute atomic E-state index is 12.7. The first-order valence-electron chi connectivity index (χ1n) is 13.4. The average molecular weight is 575 g/mol. The van der Waals surface area contributed by atoms with Crippen LogP contribution < -0.4 is 31.9 Å². The summed E-state index contributed by atoms with van der Waals surface area (Å²) in [5, 5.41) is 16.6. The number of amides is 6. The fourth-order valence-electron chi connectivity index (χ4n) is 3.59. The highest BCUT2D eigenvalue weighted by molar-refractivity contribution is 6.07. The second-order valence-electron chi connectivity index (χ2n) is 10.0. The van der Waals surface area contributed by atoms with Gasteiger partial charge in [-0.1, -0.05) is 0 Å². The quantitative estimate of drug-likeness (QED) is 0.195. The van der Waals surface area contributed by atoms with Crippen LogP contribution in [-0.2, 0) is 0 Å². The fraction of sp³-hybridized carbons (Fsp3) is 0.267. The van der Waals surface area contributed by atoms with Crippen molar-refractivity contribution in [2.45, 2.75) is 0 Å². The summed E-state index contributed by atoms with van der Waals surface area (Å²) >= 11 is 0. The van der Waals surface area contributed by atoms with Crippen molar-refractivity contribution in [2.24, 2.45) is 0 Å². The number of nitrogens with one attached hydrogen (secondary N) is 6. The summed E-state index contributed by atoms with van der Waals surface area (Å²) < 4.78 is 0. The van der Waals surface area contributed by atoms with Crippen LogP contribution in [-0.4, -0.2) is 88.0 Å². The van der Waals surface area contributed by atoms with Gasteiger partial charge in [0.25, 0.3) is 11.8 Å². The van der Waals surface area contributed by atoms with Gasteiger partial charge in [0, 0.05) is 60.1 Å². The lowest BCUT2D eigenvalue weighted by atomic mass is 10.1. The molecule has 0 radical (unpaired) electrons. The van der Waals surface area contributed by atoms with Gasteiger partial charge in [-0.25, -0.2) is 9.59 Å². The topological polar surface area (TPSA) is 147 Å². The molecular weight excluding hydrogens is 536 g/mol. The summed E-state index contributed by atoms with van der Waals surface area (Å²) in [5.74, 6) is -0.670. The van der Waals surface area contributed by atoms with Crippen molar-refractivity contribution in [3.8, 4) is 0 Å². The normalized spacial score (nSPS) is 10.6. The average Bonchev–Trinajstić information content (AvgIpc) is 2.95. The number of hydrogen-bond acceptors (Lipinski definition) is 6. The minimum Gasteiger partial charge on any atom is -0.337 e. The monoisotopic (exact) mass is 574 g/mol. The van der Waals surface area contributed by atoms with E-state index < -0.39 is 0 Å². The van der Waals surface area contributed by atoms with E-state index in [4.69, 9.17) is 0 Å². The summed E-state index contributed by atoms with van der Waals surface area (Å²) in [7, 11) is 7.71. The highest BCUT2D eigenvalue weighted by Crippen LogP contribution is 2.17. The van der Waals surface area contributed by atoms with Crippen molar-refractivity contribution < 1.29 is 19.2 Å². The molecule has 3 rings (SSSR count). The van der Waals surface area contributed by atoms with E-state index in [0.717, 1.165) is 13.1 Å². The molecule has 0 unspecified atom stereocenters. The predicted molar refractivity (Wildman–Crippen MR) is 166 cm³/mol. The van der Waals surface area contributed by atoms with Crippen LogP contribution in [0.3, 0.4) is 0 Å². The predicted octanol–water partition coefficient (Wildman–Crippen LogP) is 3.56. The summed E-state index contributed by atoms with van der Waals surface area (Å²) in [4.78, 5) is 53.2. The number of benzene rings is 3. The molecule has 12 heteroatoms. The molecule has 6 N–H and O–H groups in total. The Labute approximate surface area is 245 Å². The van der Waals surface area contributed by atoms with Gasteiger partial charge in [0.1, 0.15) is 0 Å². The van der Waals surface area contributed by atoms with Crippen molar-refractivity contribution in [1.29, 1.82) is 0 Å². The fourth-order valence-corrected chi connectivity index (χ4v) is 3.59. The van der Waals surface area contributed by atoms with Crippen LogP contribution in [0, 0.1) is 0 Å². The van der Waals surface area contributed by atoms with E-state index in [9.17, 15) is 19.2 Å². The van der Waals surface area contributed by atoms with E-state index in [-0.39, 0.29) is 23.9 Å². The Kier molecular flexibility index (Phi) is 11.8. The van der Waals surface area contributed by atoms with E-state index in [1.807, 2.05) is 38.0 Å². The number of carbonyl (C=O) groups is 4. The molecule has 0 heterocycles. The van der Waals surface area contributed by atoms with Gasteiger partial charge in [-0.2, -0.15) is 0 Å². The molecule has 0 saturated heterocycles. The molecule has 0 spiro atoms. The molecule has 0 aromatic heterocycles. The first kappa shape index (κ1) is 31.6. The zero-order valence-corrected chi connectivity index (χ0v) is 24.3. The molecule has 3 aromatic rings. The number of urea groups is 2. The lowest BCUT2D eigenvalue weighted by Crippen LogP contribution is -2.34. The maximum atomic E-state index is 12.7. The number of hydrogen-bond donors (Lipinski definition) is 6. The van der Waals surface area contributed by atoms with Crippen LogP contribution in [0.1, 0.15) is 20.7 Å². The number of nitrogens with zero attached hydrogens (tertiary/aromatic N) is 2. The van der Waals surface area contributed by atoms with Crippen molar-refractivity contribution in [3.05, 3.63) is 83.9 Å². The third-order valence-corrected chi connectivity index (χ3v) is 5.90. The first-order valence-corrected chi connectivity index (χ1v) is 13.4. The van der Waals surface area contributed by atoms with E-state index in [2.05, 4.69) is 31.9 Å². The van der Waals surface area contributed by atoms with Crippen LogP contribution in [0.25, 0.3) is 0 Å². The first-order chi connectivity index (χ1) is 20.1. The molecule has 0 aliphatic carbocycles. The molecule has 12 nitrogen and oxygen atoms in total. The molecule has 0 bridgehead atoms. The van der Waals surface area contributed by atoms with Crippen molar-refractivity contribution in [3.63, 3.8) is 0 Å². The van der Waals surface area contributed by atoms with E-state index in [1.165, 1.54) is 0 Å². The van der Waals surface area contributed by atoms with Crippen LogP contribution in [0.5, 0.6) is 0 Å². The number of anilines is 4. The summed E-state index contributed by atoms with van der Waals surface area (Å²) in [6.45, 7) is 2.51. The number of rotatable bonds is 12. The smallest absolute Gasteiger partial charge is 0.319 e. The molecule has 0 aliphatic rings. The van der Waals surface area contributed by atoms with E-state index >= 15 is 0 Å². The number of carbonyl (C=O) groups excluding carboxylic acids is 4. The van der Waals surface area contributed by atoms with Crippen molar-refractivity contribution >= 4 is 46.6 Å². The zero-order valence-electron chi connectivity index (χ0n) is 24.3. The molecule has 6 amide bonds. The molecule has 0 atom stereocenters. The highest BCUT2D eigenvalue weighted by atomic mass is 16.2. The Morgan fingerprint density at radius 3 is 1.05 bits per heavy atom. The van der Waals surface area contributed by atoms with Gasteiger partial charge in [0.05, 0.1) is 0 Å². The second-order valence-corrected chi connectivity index (χ2v) is 10.0. The van der Waals surface area contributed by atoms with Gasteiger partial charge >= 0.3 is 12.1 Å². The third-order valence-electron chi connectivity index (χ3n) is 5.90. The van der Waals surface area contributed by atoms with Crippen LogP contribution in [0.2, 0.25) is 0 Å². The minimum absolute atomic E-state index is 0.303. The van der Waals surface area contributed by atoms with Crippen LogP contribution in [0.4, 0.5) is 32.3 Å². The largest absolute Gasteiger partial charge is 0.337 e. The standard InChI is InChI=1S/C30H38N8O4/c1-37(2)19-17-31-29(41)35-25-13-9-23(10-14-25)33-27(39)21-5-7-22(8-6-21)28(40)34-24-11-15-26(16-12-24)36-30(42)32-18-20-38(3)4/h5-16H,17-20H2,1-4H3,(H,33,39)(H,34,40)(H2,31,35,41)(H2,32,36,42). The van der Waals surface area contributed by atoms with Gasteiger partial charge < -0.3 is 41.7 Å². The maximum Gasteiger partial charge on any atom is 0.319 e. The van der Waals surface area contributed by atoms with E-state index in [0.29, 0.717) is 47.0 Å². The Balaban J connectivity index is 1.46. The molecular formula is C30H38N8O4. The highest BCUT2D eigenvalue weighted by Gasteiger charge is 2.11. The Morgan fingerprint density at radius 2 is 0.762 bits per heavy atom. The molecule has 0 fully saturated rings. The van der Waals surface area contributed by atoms with Crippen LogP contribution >= 0.6 is 0 Å². The van der Waals surface area contributed by atoms with Crippen molar-refractivity contribution in [1.82, 2.24) is 20.4 Å². The summed E-state index contributed by atoms with van der Waals surface area (Å²) in [5.41, 5.74) is 3.07. The molecule has 42 heavy (non-hydrogen) atoms. The lowest BCUT2D eigenvalue weighted by molar-refractivity contribution is 0.101. The van der Waals surface area contributed by atoms with Gasteiger partial charge in [-0.15, -0.1) is 0 Å². The van der Waals surface area contributed by atoms with Gasteiger partial charge in [0.15, 0.2) is 0 Å². The van der Waals surface area contributed by atoms with Crippen molar-refractivity contribution in [2.75, 3.05) is 75.6 Å². The van der Waals surface area contributed by atoms with Gasteiger partial charge in [-0.3, -0.25) is 9.59 Å². The summed E-state index contributed by atoms with van der Waals surface area (Å²) in [6.07, 6.45) is 0. The molecule has 3 aromatic carbocycles. The third kappa shape index (κ3) is 10.9. The van der Waals surface area contributed by atoms with E-state index in [1.54, 1.807) is 72.8 Å². The zero-order chi connectivity index (χ0) is 30.5. The molecule has 222 valence electrons. The second kappa shape index (κ2) is 15.7. The Bertz CT molecular complexity index is 1240.